The van der Waals surface area contributed by atoms with E-state index in [1.54, 1.807) is 0 Å². The summed E-state index contributed by atoms with van der Waals surface area (Å²) >= 11 is 0. The fourth-order valence-corrected chi connectivity index (χ4v) is 2.16. The third-order valence-corrected chi connectivity index (χ3v) is 3.52. The fraction of sp³-hybridized carbons (Fsp3) is 0.714. The minimum atomic E-state index is -4.33. The number of aliphatic carboxylic acids is 1. The Hall–Kier alpha value is -1.39. The molecule has 0 aliphatic heterocycles. The predicted molar refractivity (Wildman–Crippen MR) is 85.5 cm³/mol. The molecule has 8 nitrogen and oxygen atoms in total. The van der Waals surface area contributed by atoms with Gasteiger partial charge in [0, 0.05) is 12.8 Å². The van der Waals surface area contributed by atoms with Crippen LogP contribution in [-0.2, 0) is 14.2 Å². The average molecular weight is 351 g/mol. The standard InChI is InChI=1S/C11H18O2.C3H8NO5P/c1-2-3-4-5-6-7-8-9-10-11(12)13;4-3(6)2(5)1-10(7,8)9/h1H,3-10H2,(H,12,13);2,5H,1H2,(H2,4,6)(H2,7,8,9). The van der Waals surface area contributed by atoms with Crippen molar-refractivity contribution >= 4 is 19.5 Å². The Kier molecular flexibility index (Phi) is 14.8. The van der Waals surface area contributed by atoms with E-state index in [2.05, 4.69) is 11.7 Å². The first kappa shape index (κ1) is 23.9. The van der Waals surface area contributed by atoms with Crippen LogP contribution in [0.3, 0.4) is 0 Å². The van der Waals surface area contributed by atoms with Gasteiger partial charge in [-0.3, -0.25) is 14.2 Å². The summed E-state index contributed by atoms with van der Waals surface area (Å²) in [5.74, 6) is 0.784. The van der Waals surface area contributed by atoms with Gasteiger partial charge in [-0.1, -0.05) is 25.7 Å². The SMILES string of the molecule is C#CCCCCCCCCC(=O)O.NC(=O)C(O)CP(=O)(O)O. The van der Waals surface area contributed by atoms with E-state index in [-0.39, 0.29) is 0 Å². The summed E-state index contributed by atoms with van der Waals surface area (Å²) in [6.45, 7) is 0. The molecule has 0 bridgehead atoms. The minimum Gasteiger partial charge on any atom is -0.481 e. The van der Waals surface area contributed by atoms with E-state index < -0.39 is 31.7 Å². The van der Waals surface area contributed by atoms with Crippen molar-refractivity contribution in [2.24, 2.45) is 5.73 Å². The molecule has 0 aliphatic carbocycles. The molecule has 0 saturated carbocycles. The summed E-state index contributed by atoms with van der Waals surface area (Å²) in [6, 6.07) is 0. The van der Waals surface area contributed by atoms with Gasteiger partial charge >= 0.3 is 13.6 Å². The third kappa shape index (κ3) is 23.0. The molecular formula is C14H26NO7P. The number of carbonyl (C=O) groups excluding carboxylic acids is 1. The Morgan fingerprint density at radius 3 is 1.91 bits per heavy atom. The van der Waals surface area contributed by atoms with E-state index in [4.69, 9.17) is 26.4 Å². The molecule has 0 saturated heterocycles. The number of amides is 1. The number of hydrogen-bond donors (Lipinski definition) is 5. The lowest BCUT2D eigenvalue weighted by Gasteiger charge is -2.06. The summed E-state index contributed by atoms with van der Waals surface area (Å²) in [5, 5.41) is 16.9. The Morgan fingerprint density at radius 1 is 1.09 bits per heavy atom. The van der Waals surface area contributed by atoms with Gasteiger partial charge in [0.2, 0.25) is 5.91 Å². The molecule has 0 aliphatic rings. The van der Waals surface area contributed by atoms with Gasteiger partial charge in [0.05, 0.1) is 6.16 Å². The maximum absolute atomic E-state index is 10.2. The zero-order valence-electron chi connectivity index (χ0n) is 13.1. The highest BCUT2D eigenvalue weighted by Gasteiger charge is 2.22. The zero-order valence-corrected chi connectivity index (χ0v) is 14.0. The predicted octanol–water partition coefficient (Wildman–Crippen LogP) is 0.835. The number of primary amides is 1. The van der Waals surface area contributed by atoms with Crippen molar-refractivity contribution in [3.05, 3.63) is 0 Å². The molecule has 0 rings (SSSR count). The summed E-state index contributed by atoms with van der Waals surface area (Å²) < 4.78 is 10.1. The van der Waals surface area contributed by atoms with E-state index >= 15 is 0 Å². The number of hydrogen-bond acceptors (Lipinski definition) is 4. The fourth-order valence-electron chi connectivity index (χ4n) is 1.53. The first-order chi connectivity index (χ1) is 10.6. The quantitative estimate of drug-likeness (QED) is 0.209. The summed E-state index contributed by atoms with van der Waals surface area (Å²) in [6.07, 6.45) is 10.1. The first-order valence-corrected chi connectivity index (χ1v) is 9.07. The van der Waals surface area contributed by atoms with Crippen molar-refractivity contribution in [1.82, 2.24) is 0 Å². The van der Waals surface area contributed by atoms with Crippen LogP contribution in [0.1, 0.15) is 51.4 Å². The van der Waals surface area contributed by atoms with Crippen LogP contribution in [0, 0.1) is 12.3 Å². The number of carbonyl (C=O) groups is 2. The molecule has 0 aromatic rings. The Morgan fingerprint density at radius 2 is 1.57 bits per heavy atom. The molecule has 0 spiro atoms. The van der Waals surface area contributed by atoms with Crippen molar-refractivity contribution in [3.8, 4) is 12.3 Å². The number of carboxylic acid groups (broad SMARTS) is 1. The van der Waals surface area contributed by atoms with Crippen molar-refractivity contribution < 1.29 is 34.2 Å². The van der Waals surface area contributed by atoms with Gasteiger partial charge in [-0.05, 0) is 12.8 Å². The number of aliphatic hydroxyl groups is 1. The van der Waals surface area contributed by atoms with Crippen LogP contribution in [0.15, 0.2) is 0 Å². The van der Waals surface area contributed by atoms with Crippen molar-refractivity contribution in [3.63, 3.8) is 0 Å². The van der Waals surface area contributed by atoms with Gasteiger partial charge in [-0.15, -0.1) is 12.3 Å². The van der Waals surface area contributed by atoms with Crippen LogP contribution in [0.25, 0.3) is 0 Å². The number of nitrogens with two attached hydrogens (primary N) is 1. The molecule has 6 N–H and O–H groups in total. The molecule has 1 unspecified atom stereocenters. The van der Waals surface area contributed by atoms with Gasteiger partial charge in [0.1, 0.15) is 6.10 Å². The average Bonchev–Trinajstić information content (AvgIpc) is 2.40. The van der Waals surface area contributed by atoms with Gasteiger partial charge in [-0.25, -0.2) is 0 Å². The summed E-state index contributed by atoms with van der Waals surface area (Å²) in [7, 11) is -4.33. The highest BCUT2D eigenvalue weighted by atomic mass is 31.2. The number of carboxylic acids is 1. The molecule has 9 heteroatoms. The second-order valence-electron chi connectivity index (χ2n) is 4.98. The Balaban J connectivity index is 0. The van der Waals surface area contributed by atoms with Crippen LogP contribution in [-0.4, -0.2) is 44.1 Å². The van der Waals surface area contributed by atoms with Gasteiger partial charge < -0.3 is 25.7 Å². The largest absolute Gasteiger partial charge is 0.481 e. The molecule has 0 radical (unpaired) electrons. The molecule has 0 heterocycles. The van der Waals surface area contributed by atoms with Crippen molar-refractivity contribution in [2.45, 2.75) is 57.5 Å². The second kappa shape index (κ2) is 14.2. The molecular weight excluding hydrogens is 325 g/mol. The maximum Gasteiger partial charge on any atom is 0.328 e. The second-order valence-corrected chi connectivity index (χ2v) is 6.68. The van der Waals surface area contributed by atoms with Gasteiger partial charge in [0.15, 0.2) is 0 Å². The van der Waals surface area contributed by atoms with Crippen LogP contribution >= 0.6 is 7.60 Å². The zero-order chi connectivity index (χ0) is 18.3. The van der Waals surface area contributed by atoms with Crippen LogP contribution in [0.5, 0.6) is 0 Å². The Bertz CT molecular complexity index is 427. The molecule has 0 aromatic heterocycles. The lowest BCUT2D eigenvalue weighted by Crippen LogP contribution is -2.31. The van der Waals surface area contributed by atoms with Crippen molar-refractivity contribution in [2.75, 3.05) is 6.16 Å². The van der Waals surface area contributed by atoms with Gasteiger partial charge in [-0.2, -0.15) is 0 Å². The summed E-state index contributed by atoms with van der Waals surface area (Å²) in [4.78, 5) is 36.5. The summed E-state index contributed by atoms with van der Waals surface area (Å²) in [5.41, 5.74) is 4.51. The van der Waals surface area contributed by atoms with Crippen LogP contribution in [0.2, 0.25) is 0 Å². The number of aliphatic hydroxyl groups excluding tert-OH is 1. The van der Waals surface area contributed by atoms with E-state index in [0.29, 0.717) is 6.42 Å². The van der Waals surface area contributed by atoms with Crippen LogP contribution < -0.4 is 5.73 Å². The molecule has 0 aromatic carbocycles. The lowest BCUT2D eigenvalue weighted by atomic mass is 10.1. The topological polar surface area (TPSA) is 158 Å². The highest BCUT2D eigenvalue weighted by Crippen LogP contribution is 2.34. The van der Waals surface area contributed by atoms with Crippen molar-refractivity contribution in [1.29, 1.82) is 0 Å². The van der Waals surface area contributed by atoms with E-state index in [9.17, 15) is 14.2 Å². The number of unbranched alkanes of at least 4 members (excludes halogenated alkanes) is 6. The monoisotopic (exact) mass is 351 g/mol. The van der Waals surface area contributed by atoms with E-state index in [1.807, 2.05) is 0 Å². The molecule has 1 amide bonds. The molecule has 1 atom stereocenters. The third-order valence-electron chi connectivity index (χ3n) is 2.70. The molecule has 0 fully saturated rings. The smallest absolute Gasteiger partial charge is 0.328 e. The lowest BCUT2D eigenvalue weighted by molar-refractivity contribution is -0.137. The van der Waals surface area contributed by atoms with E-state index in [1.165, 1.54) is 12.8 Å². The normalized spacial score (nSPS) is 11.7. The first-order valence-electron chi connectivity index (χ1n) is 7.27. The number of terminal acetylenes is 1. The number of rotatable bonds is 11. The van der Waals surface area contributed by atoms with Crippen LogP contribution in [0.4, 0.5) is 0 Å². The highest BCUT2D eigenvalue weighted by molar-refractivity contribution is 7.51. The minimum absolute atomic E-state index is 0.310. The molecule has 134 valence electrons. The van der Waals surface area contributed by atoms with Gasteiger partial charge in [0.25, 0.3) is 0 Å². The molecule has 23 heavy (non-hydrogen) atoms. The maximum atomic E-state index is 10.2. The Labute approximate surface area is 136 Å². The van der Waals surface area contributed by atoms with E-state index in [0.717, 1.165) is 32.1 Å².